The smallest absolute Gasteiger partial charge is 0.416 e. The molecule has 4 aromatic rings. The third-order valence-corrected chi connectivity index (χ3v) is 6.33. The first-order chi connectivity index (χ1) is 16.8. The average Bonchev–Trinajstić information content (AvgIpc) is 3.28. The molecule has 9 heteroatoms. The summed E-state index contributed by atoms with van der Waals surface area (Å²) in [5.74, 6) is -0.454. The van der Waals surface area contributed by atoms with Crippen molar-refractivity contribution in [1.29, 1.82) is 0 Å². The van der Waals surface area contributed by atoms with Gasteiger partial charge in [-0.2, -0.15) is 18.3 Å². The Kier molecular flexibility index (Phi) is 5.92. The zero-order valence-electron chi connectivity index (χ0n) is 18.6. The third kappa shape index (κ3) is 4.58. The Morgan fingerprint density at radius 1 is 1.00 bits per heavy atom. The first-order valence-electron chi connectivity index (χ1n) is 11.4. The number of fused-ring (bicyclic) bond motifs is 1. The quantitative estimate of drug-likeness (QED) is 0.334. The summed E-state index contributed by atoms with van der Waals surface area (Å²) in [6, 6.07) is 11.8. The second kappa shape index (κ2) is 9.05. The third-order valence-electron chi connectivity index (χ3n) is 6.33. The highest BCUT2D eigenvalue weighted by molar-refractivity contribution is 5.94. The van der Waals surface area contributed by atoms with Gasteiger partial charge in [0.05, 0.1) is 17.5 Å². The highest BCUT2D eigenvalue weighted by Gasteiger charge is 2.31. The van der Waals surface area contributed by atoms with Gasteiger partial charge in [0.2, 0.25) is 0 Å². The number of carbonyl (C=O) groups is 1. The number of hydrogen-bond acceptors (Lipinski definition) is 4. The van der Waals surface area contributed by atoms with Crippen LogP contribution in [0.3, 0.4) is 0 Å². The van der Waals surface area contributed by atoms with Gasteiger partial charge >= 0.3 is 12.1 Å². The van der Waals surface area contributed by atoms with E-state index >= 15 is 0 Å². The molecule has 1 N–H and O–H groups in total. The molecule has 180 valence electrons. The molecule has 1 aliphatic carbocycles. The monoisotopic (exact) mass is 481 g/mol. The SMILES string of the molecule is O=C(O)c1cnn2c(C3CCCCC3)c(-c3cccc(Oc4cccc(C(F)(F)F)c4)c3)cnc12. The molecule has 1 aliphatic rings. The molecule has 0 radical (unpaired) electrons. The van der Waals surface area contributed by atoms with Gasteiger partial charge in [-0.3, -0.25) is 0 Å². The van der Waals surface area contributed by atoms with E-state index < -0.39 is 17.7 Å². The molecule has 2 aromatic heterocycles. The minimum atomic E-state index is -4.46. The lowest BCUT2D eigenvalue weighted by Crippen LogP contribution is -2.13. The summed E-state index contributed by atoms with van der Waals surface area (Å²) in [4.78, 5) is 16.0. The Morgan fingerprint density at radius 3 is 2.43 bits per heavy atom. The molecule has 2 aromatic carbocycles. The van der Waals surface area contributed by atoms with Crippen LogP contribution >= 0.6 is 0 Å². The molecule has 0 saturated heterocycles. The van der Waals surface area contributed by atoms with Crippen molar-refractivity contribution in [2.75, 3.05) is 0 Å². The molecule has 35 heavy (non-hydrogen) atoms. The number of ether oxygens (including phenoxy) is 1. The highest BCUT2D eigenvalue weighted by Crippen LogP contribution is 2.39. The number of hydrogen-bond donors (Lipinski definition) is 1. The predicted molar refractivity (Wildman–Crippen MR) is 123 cm³/mol. The maximum atomic E-state index is 13.1. The van der Waals surface area contributed by atoms with E-state index in [4.69, 9.17) is 4.74 Å². The Hall–Kier alpha value is -3.88. The number of aromatic nitrogens is 3. The Labute approximate surface area is 199 Å². The van der Waals surface area contributed by atoms with Crippen molar-refractivity contribution in [3.63, 3.8) is 0 Å². The molecule has 6 nitrogen and oxygen atoms in total. The summed E-state index contributed by atoms with van der Waals surface area (Å²) < 4.78 is 46.6. The lowest BCUT2D eigenvalue weighted by molar-refractivity contribution is -0.137. The lowest BCUT2D eigenvalue weighted by atomic mass is 9.84. The van der Waals surface area contributed by atoms with Crippen molar-refractivity contribution in [1.82, 2.24) is 14.6 Å². The number of benzene rings is 2. The minimum Gasteiger partial charge on any atom is -0.477 e. The molecule has 1 fully saturated rings. The van der Waals surface area contributed by atoms with Crippen molar-refractivity contribution in [2.24, 2.45) is 0 Å². The molecule has 0 bridgehead atoms. The van der Waals surface area contributed by atoms with Crippen LogP contribution in [0.15, 0.2) is 60.9 Å². The summed E-state index contributed by atoms with van der Waals surface area (Å²) in [5, 5.41) is 13.9. The van der Waals surface area contributed by atoms with Crippen LogP contribution in [-0.4, -0.2) is 25.7 Å². The van der Waals surface area contributed by atoms with E-state index in [1.807, 2.05) is 6.07 Å². The largest absolute Gasteiger partial charge is 0.477 e. The van der Waals surface area contributed by atoms with Gasteiger partial charge in [-0.1, -0.05) is 37.5 Å². The molecule has 0 atom stereocenters. The number of carboxylic acids is 1. The molecule has 2 heterocycles. The zero-order chi connectivity index (χ0) is 24.6. The molecule has 0 unspecified atom stereocenters. The van der Waals surface area contributed by atoms with E-state index in [1.165, 1.54) is 18.3 Å². The Bertz CT molecular complexity index is 1390. The van der Waals surface area contributed by atoms with Gasteiger partial charge in [-0.15, -0.1) is 0 Å². The maximum Gasteiger partial charge on any atom is 0.416 e. The first kappa shape index (κ1) is 22.9. The number of halogens is 3. The predicted octanol–water partition coefficient (Wildman–Crippen LogP) is 6.95. The Balaban J connectivity index is 1.57. The van der Waals surface area contributed by atoms with Crippen molar-refractivity contribution >= 4 is 11.6 Å². The first-order valence-corrected chi connectivity index (χ1v) is 11.4. The fraction of sp³-hybridized carbons (Fsp3) is 0.269. The van der Waals surface area contributed by atoms with Gasteiger partial charge in [-0.05, 0) is 48.7 Å². The fourth-order valence-electron chi connectivity index (χ4n) is 4.69. The van der Waals surface area contributed by atoms with Gasteiger partial charge in [-0.25, -0.2) is 14.3 Å². The number of nitrogens with zero attached hydrogens (tertiary/aromatic N) is 3. The summed E-state index contributed by atoms with van der Waals surface area (Å²) in [6.45, 7) is 0. The van der Waals surface area contributed by atoms with Crippen molar-refractivity contribution in [2.45, 2.75) is 44.2 Å². The second-order valence-electron chi connectivity index (χ2n) is 8.65. The van der Waals surface area contributed by atoms with Gasteiger partial charge in [0.1, 0.15) is 17.1 Å². The fourth-order valence-corrected chi connectivity index (χ4v) is 4.69. The number of rotatable bonds is 5. The van der Waals surface area contributed by atoms with Crippen LogP contribution in [0.1, 0.15) is 59.6 Å². The summed E-state index contributed by atoms with van der Waals surface area (Å²) in [7, 11) is 0. The van der Waals surface area contributed by atoms with Crippen LogP contribution in [0.2, 0.25) is 0 Å². The molecule has 1 saturated carbocycles. The highest BCUT2D eigenvalue weighted by atomic mass is 19.4. The van der Waals surface area contributed by atoms with Crippen molar-refractivity contribution in [3.05, 3.63) is 77.7 Å². The molecule has 0 spiro atoms. The van der Waals surface area contributed by atoms with E-state index in [1.54, 1.807) is 28.9 Å². The van der Waals surface area contributed by atoms with Crippen LogP contribution in [0.4, 0.5) is 13.2 Å². The molecule has 5 rings (SSSR count). The van der Waals surface area contributed by atoms with Gasteiger partial charge in [0.15, 0.2) is 5.65 Å². The van der Waals surface area contributed by atoms with E-state index in [9.17, 15) is 23.1 Å². The van der Waals surface area contributed by atoms with Crippen molar-refractivity contribution in [3.8, 4) is 22.6 Å². The summed E-state index contributed by atoms with van der Waals surface area (Å²) >= 11 is 0. The average molecular weight is 481 g/mol. The molecular weight excluding hydrogens is 459 g/mol. The normalized spacial score (nSPS) is 14.8. The summed E-state index contributed by atoms with van der Waals surface area (Å²) in [6.07, 6.45) is 3.70. The Morgan fingerprint density at radius 2 is 1.71 bits per heavy atom. The number of alkyl halides is 3. The number of carboxylic acid groups (broad SMARTS) is 1. The molecule has 0 amide bonds. The zero-order valence-corrected chi connectivity index (χ0v) is 18.6. The van der Waals surface area contributed by atoms with E-state index in [0.717, 1.165) is 61.1 Å². The molecular formula is C26H22F3N3O3. The van der Waals surface area contributed by atoms with Crippen LogP contribution < -0.4 is 4.74 Å². The number of aromatic carboxylic acids is 1. The summed E-state index contributed by atoms with van der Waals surface area (Å²) in [5.41, 5.74) is 1.98. The van der Waals surface area contributed by atoms with E-state index in [2.05, 4.69) is 10.1 Å². The lowest BCUT2D eigenvalue weighted by Gasteiger charge is -2.25. The van der Waals surface area contributed by atoms with E-state index in [-0.39, 0.29) is 22.9 Å². The second-order valence-corrected chi connectivity index (χ2v) is 8.65. The minimum absolute atomic E-state index is 0.0373. The van der Waals surface area contributed by atoms with Crippen LogP contribution in [0, 0.1) is 0 Å². The van der Waals surface area contributed by atoms with Gasteiger partial charge in [0.25, 0.3) is 0 Å². The topological polar surface area (TPSA) is 76.7 Å². The van der Waals surface area contributed by atoms with Crippen molar-refractivity contribution < 1.29 is 27.8 Å². The van der Waals surface area contributed by atoms with Crippen LogP contribution in [0.25, 0.3) is 16.8 Å². The standard InChI is InChI=1S/C26H22F3N3O3/c27-26(28,29)18-9-5-11-20(13-18)35-19-10-4-8-17(12-19)21-14-30-24-22(25(33)34)15-31-32(24)23(21)16-6-2-1-3-7-16/h4-5,8-16H,1-3,6-7H2,(H,33,34). The van der Waals surface area contributed by atoms with E-state index in [0.29, 0.717) is 5.75 Å². The molecule has 0 aliphatic heterocycles. The van der Waals surface area contributed by atoms with Crippen LogP contribution in [0.5, 0.6) is 11.5 Å². The van der Waals surface area contributed by atoms with Gasteiger partial charge < -0.3 is 9.84 Å². The van der Waals surface area contributed by atoms with Crippen LogP contribution in [-0.2, 0) is 6.18 Å². The van der Waals surface area contributed by atoms with Gasteiger partial charge in [0, 0.05) is 17.7 Å². The maximum absolute atomic E-state index is 13.1.